The number of nitrogens with one attached hydrogen (secondary N) is 1. The first kappa shape index (κ1) is 11.3. The number of nitrogens with zero attached hydrogens (tertiary/aromatic N) is 1. The van der Waals surface area contributed by atoms with Crippen LogP contribution >= 0.6 is 0 Å². The van der Waals surface area contributed by atoms with Crippen molar-refractivity contribution in [3.05, 3.63) is 42.1 Å². The minimum Gasteiger partial charge on any atom is -0.292 e. The van der Waals surface area contributed by atoms with E-state index in [1.54, 1.807) is 0 Å². The van der Waals surface area contributed by atoms with E-state index in [0.29, 0.717) is 0 Å². The van der Waals surface area contributed by atoms with Gasteiger partial charge in [-0.2, -0.15) is 0 Å². The molecule has 3 nitrogen and oxygen atoms in total. The van der Waals surface area contributed by atoms with Crippen molar-refractivity contribution in [1.29, 1.82) is 0 Å². The van der Waals surface area contributed by atoms with Crippen LogP contribution in [0.25, 0.3) is 0 Å². The Kier molecular flexibility index (Phi) is 3.92. The highest BCUT2D eigenvalue weighted by Crippen LogP contribution is 2.10. The molecule has 1 rings (SSSR count). The Morgan fingerprint density at radius 3 is 2.33 bits per heavy atom. The first-order chi connectivity index (χ1) is 7.15. The zero-order valence-electron chi connectivity index (χ0n) is 9.32. The van der Waals surface area contributed by atoms with Gasteiger partial charge < -0.3 is 0 Å². The van der Waals surface area contributed by atoms with Gasteiger partial charge in [-0.25, -0.2) is 5.01 Å². The number of benzene rings is 1. The third-order valence-corrected chi connectivity index (χ3v) is 2.10. The molecule has 0 saturated carbocycles. The fourth-order valence-electron chi connectivity index (χ4n) is 1.19. The van der Waals surface area contributed by atoms with Gasteiger partial charge in [0.25, 0.3) is 0 Å². The lowest BCUT2D eigenvalue weighted by Crippen LogP contribution is -2.32. The number of anilines is 1. The molecule has 0 radical (unpaired) electrons. The summed E-state index contributed by atoms with van der Waals surface area (Å²) in [5.74, 6) is -0.0329. The van der Waals surface area contributed by atoms with E-state index < -0.39 is 0 Å². The van der Waals surface area contributed by atoms with Crippen molar-refractivity contribution in [2.45, 2.75) is 20.8 Å². The monoisotopic (exact) mass is 204 g/mol. The lowest BCUT2D eigenvalue weighted by atomic mass is 10.3. The largest absolute Gasteiger partial charge is 0.292 e. The van der Waals surface area contributed by atoms with E-state index in [0.717, 1.165) is 11.4 Å². The van der Waals surface area contributed by atoms with Gasteiger partial charge in [0.1, 0.15) is 0 Å². The summed E-state index contributed by atoms with van der Waals surface area (Å²) in [5.41, 5.74) is 4.82. The molecule has 0 aromatic heterocycles. The molecule has 0 spiro atoms. The molecule has 0 aliphatic carbocycles. The molecule has 0 unspecified atom stereocenters. The maximum absolute atomic E-state index is 11.4. The normalized spacial score (nSPS) is 11.0. The van der Waals surface area contributed by atoms with Crippen molar-refractivity contribution in [1.82, 2.24) is 5.01 Å². The Hall–Kier alpha value is -1.77. The molecule has 1 aromatic rings. The molecular formula is C12H16N2O. The summed E-state index contributed by atoms with van der Waals surface area (Å²) in [7, 11) is 0. The van der Waals surface area contributed by atoms with Crippen LogP contribution in [-0.4, -0.2) is 10.9 Å². The van der Waals surface area contributed by atoms with Crippen LogP contribution in [0.4, 0.5) is 5.69 Å². The molecule has 1 amide bonds. The van der Waals surface area contributed by atoms with Gasteiger partial charge in [-0.15, -0.1) is 0 Å². The molecule has 80 valence electrons. The topological polar surface area (TPSA) is 32.3 Å². The summed E-state index contributed by atoms with van der Waals surface area (Å²) in [4.78, 5) is 11.4. The molecule has 3 heteroatoms. The number of rotatable bonds is 3. The summed E-state index contributed by atoms with van der Waals surface area (Å²) >= 11 is 0. The Morgan fingerprint density at radius 1 is 1.27 bits per heavy atom. The summed E-state index contributed by atoms with van der Waals surface area (Å²) in [6.07, 6.45) is 1.89. The van der Waals surface area contributed by atoms with E-state index in [4.69, 9.17) is 0 Å². The molecule has 0 aliphatic heterocycles. The smallest absolute Gasteiger partial charge is 0.242 e. The Balaban J connectivity index is 2.81. The van der Waals surface area contributed by atoms with Gasteiger partial charge in [0.2, 0.25) is 5.91 Å². The molecule has 0 fully saturated rings. The molecule has 0 saturated heterocycles. The van der Waals surface area contributed by atoms with Crippen LogP contribution in [-0.2, 0) is 4.79 Å². The van der Waals surface area contributed by atoms with Gasteiger partial charge >= 0.3 is 0 Å². The van der Waals surface area contributed by atoms with Crippen LogP contribution in [0.2, 0.25) is 0 Å². The van der Waals surface area contributed by atoms with Crippen molar-refractivity contribution in [2.75, 3.05) is 5.43 Å². The second kappa shape index (κ2) is 5.20. The predicted octanol–water partition coefficient (Wildman–Crippen LogP) is 2.79. The highest BCUT2D eigenvalue weighted by atomic mass is 16.2. The van der Waals surface area contributed by atoms with Crippen LogP contribution in [0.15, 0.2) is 42.1 Å². The maximum Gasteiger partial charge on any atom is 0.242 e. The fourth-order valence-corrected chi connectivity index (χ4v) is 1.19. The standard InChI is InChI=1S/C12H16N2O/c1-4-10(2)14(11(3)15)13-12-8-6-5-7-9-12/h4-9,13H,1-3H3/b10-4+. The van der Waals surface area contributed by atoms with Crippen molar-refractivity contribution < 1.29 is 4.79 Å². The number of allylic oxidation sites excluding steroid dienone is 2. The summed E-state index contributed by atoms with van der Waals surface area (Å²) < 4.78 is 0. The first-order valence-corrected chi connectivity index (χ1v) is 4.90. The van der Waals surface area contributed by atoms with E-state index in [2.05, 4.69) is 5.43 Å². The summed E-state index contributed by atoms with van der Waals surface area (Å²) in [5, 5.41) is 1.52. The van der Waals surface area contributed by atoms with Crippen LogP contribution in [0, 0.1) is 0 Å². The Labute approximate surface area is 90.4 Å². The van der Waals surface area contributed by atoms with E-state index >= 15 is 0 Å². The SMILES string of the molecule is C/C=C(\C)N(Nc1ccccc1)C(C)=O. The van der Waals surface area contributed by atoms with Crippen LogP contribution in [0.1, 0.15) is 20.8 Å². The van der Waals surface area contributed by atoms with Crippen LogP contribution in [0.3, 0.4) is 0 Å². The summed E-state index contributed by atoms with van der Waals surface area (Å²) in [6, 6.07) is 9.61. The zero-order valence-corrected chi connectivity index (χ0v) is 9.32. The van der Waals surface area contributed by atoms with Crippen LogP contribution in [0.5, 0.6) is 0 Å². The second-order valence-electron chi connectivity index (χ2n) is 3.26. The van der Waals surface area contributed by atoms with E-state index in [9.17, 15) is 4.79 Å². The number of para-hydroxylation sites is 1. The molecular weight excluding hydrogens is 188 g/mol. The van der Waals surface area contributed by atoms with Gasteiger partial charge in [-0.05, 0) is 26.0 Å². The fraction of sp³-hybridized carbons (Fsp3) is 0.250. The minimum absolute atomic E-state index is 0.0329. The lowest BCUT2D eigenvalue weighted by Gasteiger charge is -2.23. The van der Waals surface area contributed by atoms with E-state index in [1.165, 1.54) is 11.9 Å². The zero-order chi connectivity index (χ0) is 11.3. The molecule has 0 heterocycles. The van der Waals surface area contributed by atoms with Crippen molar-refractivity contribution in [2.24, 2.45) is 0 Å². The first-order valence-electron chi connectivity index (χ1n) is 4.90. The highest BCUT2D eigenvalue weighted by Gasteiger charge is 2.09. The van der Waals surface area contributed by atoms with E-state index in [1.807, 2.05) is 50.3 Å². The Morgan fingerprint density at radius 2 is 1.87 bits per heavy atom. The lowest BCUT2D eigenvalue weighted by molar-refractivity contribution is -0.125. The predicted molar refractivity (Wildman–Crippen MR) is 62.0 cm³/mol. The summed E-state index contributed by atoms with van der Waals surface area (Å²) in [6.45, 7) is 5.32. The average molecular weight is 204 g/mol. The molecule has 0 aliphatic rings. The molecule has 1 aromatic carbocycles. The third kappa shape index (κ3) is 3.13. The Bertz CT molecular complexity index is 357. The number of hydrazine groups is 1. The van der Waals surface area contributed by atoms with Gasteiger partial charge in [-0.1, -0.05) is 24.3 Å². The van der Waals surface area contributed by atoms with Gasteiger partial charge in [0.05, 0.1) is 5.69 Å². The van der Waals surface area contributed by atoms with Gasteiger partial charge in [-0.3, -0.25) is 10.2 Å². The molecule has 1 N–H and O–H groups in total. The number of carbonyl (C=O) groups excluding carboxylic acids is 1. The molecule has 0 atom stereocenters. The molecule has 15 heavy (non-hydrogen) atoms. The second-order valence-corrected chi connectivity index (χ2v) is 3.26. The highest BCUT2D eigenvalue weighted by molar-refractivity contribution is 5.76. The average Bonchev–Trinajstić information content (AvgIpc) is 2.26. The van der Waals surface area contributed by atoms with Crippen LogP contribution < -0.4 is 5.43 Å². The van der Waals surface area contributed by atoms with E-state index in [-0.39, 0.29) is 5.91 Å². The van der Waals surface area contributed by atoms with Gasteiger partial charge in [0, 0.05) is 12.6 Å². The van der Waals surface area contributed by atoms with Crippen molar-refractivity contribution >= 4 is 11.6 Å². The number of amides is 1. The number of hydrogen-bond donors (Lipinski definition) is 1. The number of carbonyl (C=O) groups is 1. The van der Waals surface area contributed by atoms with Gasteiger partial charge in [0.15, 0.2) is 0 Å². The number of hydrogen-bond acceptors (Lipinski definition) is 2. The maximum atomic E-state index is 11.4. The van der Waals surface area contributed by atoms with Crippen molar-refractivity contribution in [3.63, 3.8) is 0 Å². The molecule has 0 bridgehead atoms. The minimum atomic E-state index is -0.0329. The van der Waals surface area contributed by atoms with Crippen molar-refractivity contribution in [3.8, 4) is 0 Å². The quantitative estimate of drug-likeness (QED) is 0.768. The third-order valence-electron chi connectivity index (χ3n) is 2.10.